The number of nitrogens with zero attached hydrogens (tertiary/aromatic N) is 2. The van der Waals surface area contributed by atoms with Gasteiger partial charge in [0.1, 0.15) is 5.75 Å². The molecule has 2 fully saturated rings. The van der Waals surface area contributed by atoms with Gasteiger partial charge in [-0.1, -0.05) is 12.1 Å². The van der Waals surface area contributed by atoms with Crippen molar-refractivity contribution < 1.29 is 13.2 Å². The van der Waals surface area contributed by atoms with Crippen LogP contribution in [0.4, 0.5) is 0 Å². The summed E-state index contributed by atoms with van der Waals surface area (Å²) in [5.74, 6) is 2.37. The van der Waals surface area contributed by atoms with Crippen molar-refractivity contribution >= 4 is 15.8 Å². The Hall–Kier alpha value is -1.80. The van der Waals surface area contributed by atoms with Crippen LogP contribution in [0.5, 0.6) is 5.75 Å². The van der Waals surface area contributed by atoms with Crippen molar-refractivity contribution in [2.24, 2.45) is 10.9 Å². The lowest BCUT2D eigenvalue weighted by Crippen LogP contribution is -2.40. The predicted octanol–water partition coefficient (Wildman–Crippen LogP) is 1.82. The van der Waals surface area contributed by atoms with Crippen LogP contribution in [0, 0.1) is 5.92 Å². The maximum absolute atomic E-state index is 11.7. The highest BCUT2D eigenvalue weighted by Crippen LogP contribution is 2.27. The van der Waals surface area contributed by atoms with Crippen LogP contribution in [0.3, 0.4) is 0 Å². The molecule has 2 saturated heterocycles. The second-order valence-electron chi connectivity index (χ2n) is 7.90. The molecule has 0 aromatic heterocycles. The summed E-state index contributed by atoms with van der Waals surface area (Å²) in [6.45, 7) is 6.29. The molecule has 2 N–H and O–H groups in total. The van der Waals surface area contributed by atoms with Gasteiger partial charge in [-0.2, -0.15) is 0 Å². The molecule has 29 heavy (non-hydrogen) atoms. The molecule has 0 spiro atoms. The van der Waals surface area contributed by atoms with Gasteiger partial charge in [0.2, 0.25) is 0 Å². The Morgan fingerprint density at radius 1 is 1.24 bits per heavy atom. The Morgan fingerprint density at radius 3 is 2.55 bits per heavy atom. The molecule has 3 rings (SSSR count). The van der Waals surface area contributed by atoms with Crippen LogP contribution in [0.1, 0.15) is 37.8 Å². The summed E-state index contributed by atoms with van der Waals surface area (Å²) in [4.78, 5) is 7.35. The molecular formula is C21H34N4O3S. The van der Waals surface area contributed by atoms with Crippen LogP contribution in [0.25, 0.3) is 0 Å². The van der Waals surface area contributed by atoms with Crippen molar-refractivity contribution in [3.05, 3.63) is 29.8 Å². The number of aliphatic imine (C=N–C) groups is 1. The Kier molecular flexibility index (Phi) is 7.77. The van der Waals surface area contributed by atoms with E-state index in [2.05, 4.69) is 27.7 Å². The highest BCUT2D eigenvalue weighted by molar-refractivity contribution is 7.91. The number of likely N-dealkylation sites (tertiary alicyclic amines) is 1. The summed E-state index contributed by atoms with van der Waals surface area (Å²) in [7, 11) is -1.17. The molecular weight excluding hydrogens is 388 g/mol. The van der Waals surface area contributed by atoms with Gasteiger partial charge in [0, 0.05) is 13.1 Å². The Balaban J connectivity index is 1.67. The molecule has 2 unspecified atom stereocenters. The van der Waals surface area contributed by atoms with E-state index in [0.29, 0.717) is 18.8 Å². The number of ether oxygens (including phenoxy) is 1. The van der Waals surface area contributed by atoms with Crippen LogP contribution >= 0.6 is 0 Å². The molecule has 2 aliphatic rings. The number of hydrogen-bond acceptors (Lipinski definition) is 5. The maximum Gasteiger partial charge on any atom is 0.191 e. The van der Waals surface area contributed by atoms with Gasteiger partial charge >= 0.3 is 0 Å². The fourth-order valence-electron chi connectivity index (χ4n) is 4.10. The fraction of sp³-hybridized carbons (Fsp3) is 0.667. The third kappa shape index (κ3) is 6.34. The molecule has 1 aromatic carbocycles. The first kappa shape index (κ1) is 21.9. The third-order valence-corrected chi connectivity index (χ3v) is 7.57. The summed E-state index contributed by atoms with van der Waals surface area (Å²) in [6.07, 6.45) is 3.19. The van der Waals surface area contributed by atoms with Gasteiger partial charge in [-0.25, -0.2) is 8.42 Å². The van der Waals surface area contributed by atoms with Gasteiger partial charge in [0.15, 0.2) is 15.8 Å². The maximum atomic E-state index is 11.7. The predicted molar refractivity (Wildman–Crippen MR) is 117 cm³/mol. The number of sulfone groups is 1. The van der Waals surface area contributed by atoms with Crippen molar-refractivity contribution in [2.45, 2.75) is 32.2 Å². The number of benzene rings is 1. The van der Waals surface area contributed by atoms with E-state index in [1.807, 2.05) is 19.1 Å². The first-order valence-corrected chi connectivity index (χ1v) is 12.4. The lowest BCUT2D eigenvalue weighted by atomic mass is 10.1. The Bertz CT molecular complexity index is 774. The first-order valence-electron chi connectivity index (χ1n) is 10.6. The zero-order chi connectivity index (χ0) is 20.7. The lowest BCUT2D eigenvalue weighted by molar-refractivity contribution is 0.251. The van der Waals surface area contributed by atoms with E-state index in [9.17, 15) is 8.42 Å². The monoisotopic (exact) mass is 422 g/mol. The fourth-order valence-corrected chi connectivity index (χ4v) is 5.97. The van der Waals surface area contributed by atoms with Crippen molar-refractivity contribution in [1.82, 2.24) is 15.5 Å². The van der Waals surface area contributed by atoms with Crippen molar-refractivity contribution in [2.75, 3.05) is 51.3 Å². The van der Waals surface area contributed by atoms with E-state index in [1.165, 1.54) is 18.4 Å². The highest BCUT2D eigenvalue weighted by Gasteiger charge is 2.28. The second kappa shape index (κ2) is 10.3. The van der Waals surface area contributed by atoms with E-state index in [1.54, 1.807) is 7.11 Å². The smallest absolute Gasteiger partial charge is 0.191 e. The van der Waals surface area contributed by atoms with Gasteiger partial charge in [-0.3, -0.25) is 9.89 Å². The molecule has 1 aromatic rings. The van der Waals surface area contributed by atoms with Crippen LogP contribution in [0.2, 0.25) is 0 Å². The number of hydrogen-bond donors (Lipinski definition) is 2. The molecule has 2 heterocycles. The van der Waals surface area contributed by atoms with E-state index < -0.39 is 9.84 Å². The third-order valence-electron chi connectivity index (χ3n) is 5.73. The molecule has 0 aliphatic carbocycles. The van der Waals surface area contributed by atoms with Crippen LogP contribution in [-0.2, 0) is 9.84 Å². The largest absolute Gasteiger partial charge is 0.497 e. The summed E-state index contributed by atoms with van der Waals surface area (Å²) in [5, 5.41) is 6.65. The van der Waals surface area contributed by atoms with Crippen LogP contribution < -0.4 is 15.4 Å². The lowest BCUT2D eigenvalue weighted by Gasteiger charge is -2.27. The summed E-state index contributed by atoms with van der Waals surface area (Å²) in [6, 6.07) is 8.49. The van der Waals surface area contributed by atoms with E-state index in [-0.39, 0.29) is 17.7 Å². The molecule has 8 heteroatoms. The molecule has 2 aliphatic heterocycles. The van der Waals surface area contributed by atoms with Gasteiger partial charge in [-0.15, -0.1) is 0 Å². The Morgan fingerprint density at radius 2 is 1.97 bits per heavy atom. The average molecular weight is 423 g/mol. The number of nitrogens with one attached hydrogen (secondary N) is 2. The quantitative estimate of drug-likeness (QED) is 0.491. The minimum atomic E-state index is -2.85. The summed E-state index contributed by atoms with van der Waals surface area (Å²) < 4.78 is 28.7. The average Bonchev–Trinajstić information content (AvgIpc) is 3.36. The molecule has 7 nitrogen and oxygen atoms in total. The number of rotatable bonds is 8. The van der Waals surface area contributed by atoms with Gasteiger partial charge in [-0.05, 0) is 62.9 Å². The van der Waals surface area contributed by atoms with Gasteiger partial charge in [0.25, 0.3) is 0 Å². The van der Waals surface area contributed by atoms with E-state index >= 15 is 0 Å². The minimum Gasteiger partial charge on any atom is -0.497 e. The molecule has 0 radical (unpaired) electrons. The normalized spacial score (nSPS) is 23.1. The standard InChI is InChI=1S/C21H34N4O3S/c1-3-22-21(23-14-17-10-13-29(26,27)16-17)24-15-20(25-11-4-5-12-25)18-6-8-19(28-2)9-7-18/h6-9,17,20H,3-5,10-16H2,1-2H3,(H2,22,23,24). The highest BCUT2D eigenvalue weighted by atomic mass is 32.2. The van der Waals surface area contributed by atoms with Gasteiger partial charge in [0.05, 0.1) is 31.2 Å². The van der Waals surface area contributed by atoms with Crippen molar-refractivity contribution in [1.29, 1.82) is 0 Å². The Labute approximate surface area is 174 Å². The van der Waals surface area contributed by atoms with Gasteiger partial charge < -0.3 is 15.4 Å². The van der Waals surface area contributed by atoms with Crippen molar-refractivity contribution in [3.63, 3.8) is 0 Å². The van der Waals surface area contributed by atoms with E-state index in [4.69, 9.17) is 9.73 Å². The molecule has 0 saturated carbocycles. The second-order valence-corrected chi connectivity index (χ2v) is 10.1. The zero-order valence-electron chi connectivity index (χ0n) is 17.6. The molecule has 162 valence electrons. The molecule has 0 bridgehead atoms. The first-order chi connectivity index (χ1) is 14.0. The zero-order valence-corrected chi connectivity index (χ0v) is 18.4. The van der Waals surface area contributed by atoms with Crippen LogP contribution in [0.15, 0.2) is 29.3 Å². The topological polar surface area (TPSA) is 83.0 Å². The van der Waals surface area contributed by atoms with Crippen LogP contribution in [-0.4, -0.2) is 70.6 Å². The summed E-state index contributed by atoms with van der Waals surface area (Å²) >= 11 is 0. The molecule has 2 atom stereocenters. The molecule has 0 amide bonds. The number of guanidine groups is 1. The SMILES string of the molecule is CCNC(=NCC(c1ccc(OC)cc1)N1CCCC1)NCC1CCS(=O)(=O)C1. The minimum absolute atomic E-state index is 0.167. The number of methoxy groups -OCH3 is 1. The van der Waals surface area contributed by atoms with E-state index in [0.717, 1.165) is 37.8 Å². The summed E-state index contributed by atoms with van der Waals surface area (Å²) in [5.41, 5.74) is 1.24. The van der Waals surface area contributed by atoms with Crippen molar-refractivity contribution in [3.8, 4) is 5.75 Å².